The number of likely N-dealkylation sites (tertiary alicyclic amines) is 1. The van der Waals surface area contributed by atoms with E-state index >= 15 is 0 Å². The molecule has 0 saturated carbocycles. The molecule has 2 atom stereocenters. The first-order valence-electron chi connectivity index (χ1n) is 9.57. The van der Waals surface area contributed by atoms with Crippen molar-refractivity contribution in [3.63, 3.8) is 0 Å². The molecule has 1 aliphatic rings. The molecule has 1 N–H and O–H groups in total. The van der Waals surface area contributed by atoms with Gasteiger partial charge in [0.1, 0.15) is 0 Å². The molecule has 2 rings (SSSR count). The predicted octanol–water partition coefficient (Wildman–Crippen LogP) is 3.31. The van der Waals surface area contributed by atoms with Crippen LogP contribution < -0.4 is 5.32 Å². The van der Waals surface area contributed by atoms with Crippen LogP contribution in [-0.4, -0.2) is 60.5 Å². The van der Waals surface area contributed by atoms with Crippen LogP contribution in [0.1, 0.15) is 32.3 Å². The number of rotatable bonds is 6. The van der Waals surface area contributed by atoms with Crippen LogP contribution in [0.3, 0.4) is 0 Å². The maximum Gasteiger partial charge on any atom is 0.393 e. The first-order chi connectivity index (χ1) is 13.1. The normalized spacial score (nSPS) is 19.1. The van der Waals surface area contributed by atoms with Crippen molar-refractivity contribution >= 4 is 17.5 Å². The Morgan fingerprint density at radius 3 is 2.64 bits per heavy atom. The highest BCUT2D eigenvalue weighted by atomic mass is 19.4. The van der Waals surface area contributed by atoms with Crippen LogP contribution in [0.2, 0.25) is 0 Å². The van der Waals surface area contributed by atoms with E-state index in [1.807, 2.05) is 25.1 Å². The van der Waals surface area contributed by atoms with Crippen molar-refractivity contribution in [3.8, 4) is 0 Å². The van der Waals surface area contributed by atoms with Gasteiger partial charge in [0.05, 0.1) is 18.5 Å². The Morgan fingerprint density at radius 1 is 1.32 bits per heavy atom. The standard InChI is InChI=1S/C20H28F3N3O2/c1-4-15-8-5-6-10-17(15)24-18(27)13-25(3)19(28)14(2)26-11-7-9-16(12-26)20(21,22)23/h5-6,8,10,14,16H,4,7,9,11-13H2,1-3H3,(H,24,27)/t14-,16-/m1/s1. The van der Waals surface area contributed by atoms with Crippen LogP contribution >= 0.6 is 0 Å². The number of anilines is 1. The molecule has 0 unspecified atom stereocenters. The van der Waals surface area contributed by atoms with Crippen LogP contribution in [0.15, 0.2) is 24.3 Å². The zero-order chi connectivity index (χ0) is 20.9. The second-order valence-electron chi connectivity index (χ2n) is 7.30. The number of halogens is 3. The van der Waals surface area contributed by atoms with Crippen LogP contribution in [-0.2, 0) is 16.0 Å². The van der Waals surface area contributed by atoms with Crippen LogP contribution in [0.5, 0.6) is 0 Å². The largest absolute Gasteiger partial charge is 0.393 e. The molecule has 5 nitrogen and oxygen atoms in total. The number of piperidine rings is 1. The van der Waals surface area contributed by atoms with Crippen molar-refractivity contribution in [2.45, 2.75) is 45.3 Å². The molecule has 0 radical (unpaired) electrons. The Hall–Kier alpha value is -2.09. The number of nitrogens with zero attached hydrogens (tertiary/aromatic N) is 2. The zero-order valence-corrected chi connectivity index (χ0v) is 16.6. The second kappa shape index (κ2) is 9.41. The number of nitrogens with one attached hydrogen (secondary N) is 1. The van der Waals surface area contributed by atoms with E-state index < -0.39 is 18.1 Å². The molecule has 0 aromatic heterocycles. The number of likely N-dealkylation sites (N-methyl/N-ethyl adjacent to an activating group) is 1. The lowest BCUT2D eigenvalue weighted by atomic mass is 9.96. The van der Waals surface area contributed by atoms with Gasteiger partial charge in [-0.2, -0.15) is 13.2 Å². The highest BCUT2D eigenvalue weighted by molar-refractivity contribution is 5.95. The highest BCUT2D eigenvalue weighted by Crippen LogP contribution is 2.33. The van der Waals surface area contributed by atoms with Gasteiger partial charge in [-0.3, -0.25) is 14.5 Å². The van der Waals surface area contributed by atoms with Gasteiger partial charge < -0.3 is 10.2 Å². The quantitative estimate of drug-likeness (QED) is 0.799. The zero-order valence-electron chi connectivity index (χ0n) is 16.6. The third kappa shape index (κ3) is 5.70. The minimum absolute atomic E-state index is 0.0932. The molecule has 0 spiro atoms. The summed E-state index contributed by atoms with van der Waals surface area (Å²) in [6.07, 6.45) is -2.99. The molecule has 1 aromatic carbocycles. The molecule has 0 aliphatic carbocycles. The number of alkyl halides is 3. The minimum Gasteiger partial charge on any atom is -0.335 e. The Bertz CT molecular complexity index is 694. The van der Waals surface area contributed by atoms with Crippen LogP contribution in [0, 0.1) is 5.92 Å². The predicted molar refractivity (Wildman–Crippen MR) is 102 cm³/mol. The summed E-state index contributed by atoms with van der Waals surface area (Å²) in [4.78, 5) is 27.8. The Balaban J connectivity index is 1.93. The van der Waals surface area contributed by atoms with Gasteiger partial charge in [0, 0.05) is 19.3 Å². The fourth-order valence-corrected chi connectivity index (χ4v) is 3.53. The molecule has 1 aromatic rings. The van der Waals surface area contributed by atoms with Gasteiger partial charge in [-0.05, 0) is 44.4 Å². The Kier molecular flexibility index (Phi) is 7.46. The third-order valence-electron chi connectivity index (χ3n) is 5.25. The average Bonchev–Trinajstić information content (AvgIpc) is 2.66. The summed E-state index contributed by atoms with van der Waals surface area (Å²) >= 11 is 0. The van der Waals surface area contributed by atoms with E-state index in [1.165, 1.54) is 11.9 Å². The number of aryl methyl sites for hydroxylation is 1. The topological polar surface area (TPSA) is 52.7 Å². The SMILES string of the molecule is CCc1ccccc1NC(=O)CN(C)C(=O)[C@@H](C)N1CCC[C@@H](C(F)(F)F)C1. The summed E-state index contributed by atoms with van der Waals surface area (Å²) in [7, 11) is 1.50. The summed E-state index contributed by atoms with van der Waals surface area (Å²) in [6.45, 7) is 3.69. The number of carbonyl (C=O) groups is 2. The highest BCUT2D eigenvalue weighted by Gasteiger charge is 2.43. The monoisotopic (exact) mass is 399 g/mol. The van der Waals surface area contributed by atoms with Gasteiger partial charge in [0.15, 0.2) is 0 Å². The van der Waals surface area contributed by atoms with E-state index in [1.54, 1.807) is 17.9 Å². The molecule has 0 bridgehead atoms. The van der Waals surface area contributed by atoms with E-state index in [0.29, 0.717) is 18.7 Å². The number of benzene rings is 1. The lowest BCUT2D eigenvalue weighted by Crippen LogP contribution is -2.52. The fourth-order valence-electron chi connectivity index (χ4n) is 3.53. The molecule has 28 heavy (non-hydrogen) atoms. The van der Waals surface area contributed by atoms with Crippen molar-refractivity contribution in [2.75, 3.05) is 32.0 Å². The smallest absolute Gasteiger partial charge is 0.335 e. The number of para-hydroxylation sites is 1. The molecule has 8 heteroatoms. The number of carbonyl (C=O) groups excluding carboxylic acids is 2. The van der Waals surface area contributed by atoms with E-state index in [2.05, 4.69) is 5.32 Å². The summed E-state index contributed by atoms with van der Waals surface area (Å²) in [5.41, 5.74) is 1.69. The Labute approximate surface area is 163 Å². The molecule has 1 aliphatic heterocycles. The van der Waals surface area contributed by atoms with E-state index in [-0.39, 0.29) is 31.3 Å². The summed E-state index contributed by atoms with van der Waals surface area (Å²) in [5, 5.41) is 2.80. The van der Waals surface area contributed by atoms with Gasteiger partial charge in [0.2, 0.25) is 11.8 Å². The third-order valence-corrected chi connectivity index (χ3v) is 5.25. The first-order valence-corrected chi connectivity index (χ1v) is 9.57. The minimum atomic E-state index is -4.25. The molecule has 156 valence electrons. The van der Waals surface area contributed by atoms with Crippen molar-refractivity contribution in [1.82, 2.24) is 9.80 Å². The molecule has 2 amide bonds. The maximum atomic E-state index is 13.0. The van der Waals surface area contributed by atoms with Gasteiger partial charge in [-0.15, -0.1) is 0 Å². The van der Waals surface area contributed by atoms with Gasteiger partial charge in [-0.25, -0.2) is 0 Å². The summed E-state index contributed by atoms with van der Waals surface area (Å²) < 4.78 is 39.0. The summed E-state index contributed by atoms with van der Waals surface area (Å²) in [6, 6.07) is 6.72. The van der Waals surface area contributed by atoms with Crippen LogP contribution in [0.25, 0.3) is 0 Å². The van der Waals surface area contributed by atoms with Crippen molar-refractivity contribution < 1.29 is 22.8 Å². The molecule has 1 fully saturated rings. The second-order valence-corrected chi connectivity index (χ2v) is 7.30. The molecule has 1 saturated heterocycles. The van der Waals surface area contributed by atoms with Gasteiger partial charge >= 0.3 is 6.18 Å². The van der Waals surface area contributed by atoms with Crippen molar-refractivity contribution in [1.29, 1.82) is 0 Å². The lowest BCUT2D eigenvalue weighted by Gasteiger charge is -2.37. The molecular weight excluding hydrogens is 371 g/mol. The van der Waals surface area contributed by atoms with Crippen molar-refractivity contribution in [3.05, 3.63) is 29.8 Å². The number of hydrogen-bond acceptors (Lipinski definition) is 3. The fraction of sp³-hybridized carbons (Fsp3) is 0.600. The van der Waals surface area contributed by atoms with E-state index in [0.717, 1.165) is 12.0 Å². The average molecular weight is 399 g/mol. The molecule has 1 heterocycles. The van der Waals surface area contributed by atoms with Crippen molar-refractivity contribution in [2.24, 2.45) is 5.92 Å². The number of hydrogen-bond donors (Lipinski definition) is 1. The maximum absolute atomic E-state index is 13.0. The summed E-state index contributed by atoms with van der Waals surface area (Å²) in [5.74, 6) is -2.10. The van der Waals surface area contributed by atoms with Crippen LogP contribution in [0.4, 0.5) is 18.9 Å². The van der Waals surface area contributed by atoms with E-state index in [9.17, 15) is 22.8 Å². The number of amides is 2. The van der Waals surface area contributed by atoms with E-state index in [4.69, 9.17) is 0 Å². The first kappa shape index (κ1) is 22.2. The molecular formula is C20H28F3N3O2. The van der Waals surface area contributed by atoms with Gasteiger partial charge in [0.25, 0.3) is 0 Å². The van der Waals surface area contributed by atoms with Gasteiger partial charge in [-0.1, -0.05) is 25.1 Å². The Morgan fingerprint density at radius 2 is 2.00 bits per heavy atom. The lowest BCUT2D eigenvalue weighted by molar-refractivity contribution is -0.189.